The minimum atomic E-state index is -4.62. The van der Waals surface area contributed by atoms with Gasteiger partial charge in [-0.05, 0) is 25.1 Å². The highest BCUT2D eigenvalue weighted by atomic mass is 19.4. The zero-order valence-electron chi connectivity index (χ0n) is 12.9. The van der Waals surface area contributed by atoms with Crippen molar-refractivity contribution in [2.75, 3.05) is 0 Å². The van der Waals surface area contributed by atoms with E-state index >= 15 is 0 Å². The molecule has 0 saturated heterocycles. The Morgan fingerprint density at radius 1 is 1.12 bits per heavy atom. The van der Waals surface area contributed by atoms with E-state index in [1.54, 1.807) is 31.2 Å². The van der Waals surface area contributed by atoms with E-state index < -0.39 is 23.4 Å². The van der Waals surface area contributed by atoms with Crippen molar-refractivity contribution >= 4 is 5.97 Å². The van der Waals surface area contributed by atoms with Gasteiger partial charge in [-0.15, -0.1) is 5.10 Å². The number of benzene rings is 2. The number of carboxylic acid groups (broad SMARTS) is 1. The molecule has 128 valence electrons. The maximum absolute atomic E-state index is 13.3. The zero-order chi connectivity index (χ0) is 18.2. The normalized spacial score (nSPS) is 11.5. The van der Waals surface area contributed by atoms with Gasteiger partial charge in [-0.25, -0.2) is 9.48 Å². The average molecular weight is 347 g/mol. The van der Waals surface area contributed by atoms with Gasteiger partial charge >= 0.3 is 12.1 Å². The molecule has 0 saturated carbocycles. The highest BCUT2D eigenvalue weighted by Crippen LogP contribution is 2.35. The summed E-state index contributed by atoms with van der Waals surface area (Å²) in [5.41, 5.74) is -0.391. The molecule has 3 rings (SSSR count). The largest absolute Gasteiger partial charge is 0.476 e. The van der Waals surface area contributed by atoms with Crippen molar-refractivity contribution in [3.05, 3.63) is 65.4 Å². The molecule has 1 aromatic heterocycles. The fraction of sp³-hybridized carbons (Fsp3) is 0.118. The lowest BCUT2D eigenvalue weighted by Gasteiger charge is -2.14. The Labute approximate surface area is 140 Å². The molecule has 0 unspecified atom stereocenters. The van der Waals surface area contributed by atoms with E-state index in [4.69, 9.17) is 0 Å². The molecule has 0 bridgehead atoms. The first-order valence-electron chi connectivity index (χ1n) is 7.21. The number of hydrogen-bond donors (Lipinski definition) is 1. The van der Waals surface area contributed by atoms with Crippen LogP contribution in [0.2, 0.25) is 0 Å². The summed E-state index contributed by atoms with van der Waals surface area (Å²) in [7, 11) is 0. The maximum Gasteiger partial charge on any atom is 0.418 e. The van der Waals surface area contributed by atoms with Crippen LogP contribution in [0.4, 0.5) is 13.2 Å². The summed E-state index contributed by atoms with van der Waals surface area (Å²) >= 11 is 0. The second-order valence-electron chi connectivity index (χ2n) is 5.39. The lowest BCUT2D eigenvalue weighted by Crippen LogP contribution is -2.12. The second kappa shape index (κ2) is 6.04. The quantitative estimate of drug-likeness (QED) is 0.779. The summed E-state index contributed by atoms with van der Waals surface area (Å²) in [6.45, 7) is 1.79. The van der Waals surface area contributed by atoms with Gasteiger partial charge in [0.1, 0.15) is 5.69 Å². The molecule has 2 aromatic carbocycles. The van der Waals surface area contributed by atoms with E-state index in [9.17, 15) is 23.1 Å². The highest BCUT2D eigenvalue weighted by Gasteiger charge is 2.35. The summed E-state index contributed by atoms with van der Waals surface area (Å²) in [6.07, 6.45) is -4.62. The predicted molar refractivity (Wildman–Crippen MR) is 83.5 cm³/mol. The van der Waals surface area contributed by atoms with Gasteiger partial charge in [0.2, 0.25) is 0 Å². The van der Waals surface area contributed by atoms with Crippen LogP contribution in [0.5, 0.6) is 0 Å². The molecule has 0 aliphatic rings. The number of nitrogens with zero attached hydrogens (tertiary/aromatic N) is 3. The van der Waals surface area contributed by atoms with Crippen molar-refractivity contribution in [3.63, 3.8) is 0 Å². The number of halogens is 3. The van der Waals surface area contributed by atoms with Gasteiger partial charge in [-0.2, -0.15) is 13.2 Å². The molecule has 25 heavy (non-hydrogen) atoms. The van der Waals surface area contributed by atoms with E-state index in [1.165, 1.54) is 18.2 Å². The predicted octanol–water partition coefficient (Wildman–Crippen LogP) is 3.96. The Balaban J connectivity index is 2.32. The molecule has 3 aromatic rings. The van der Waals surface area contributed by atoms with E-state index in [0.29, 0.717) is 5.56 Å². The summed E-state index contributed by atoms with van der Waals surface area (Å²) in [5, 5.41) is 16.6. The average Bonchev–Trinajstić information content (AvgIpc) is 2.99. The lowest BCUT2D eigenvalue weighted by atomic mass is 10.1. The first-order valence-corrected chi connectivity index (χ1v) is 7.21. The monoisotopic (exact) mass is 347 g/mol. The van der Waals surface area contributed by atoms with Crippen LogP contribution in [0, 0.1) is 6.92 Å². The number of hydrogen-bond acceptors (Lipinski definition) is 3. The zero-order valence-corrected chi connectivity index (χ0v) is 12.9. The van der Waals surface area contributed by atoms with Crippen LogP contribution in [-0.4, -0.2) is 26.1 Å². The number of rotatable bonds is 3. The van der Waals surface area contributed by atoms with Crippen molar-refractivity contribution in [1.82, 2.24) is 15.0 Å². The summed E-state index contributed by atoms with van der Waals surface area (Å²) < 4.78 is 40.9. The minimum Gasteiger partial charge on any atom is -0.476 e. The number of carbonyl (C=O) groups is 1. The summed E-state index contributed by atoms with van der Waals surface area (Å²) in [4.78, 5) is 11.5. The topological polar surface area (TPSA) is 68.0 Å². The molecule has 0 spiro atoms. The van der Waals surface area contributed by atoms with Crippen LogP contribution in [0.15, 0.2) is 48.5 Å². The van der Waals surface area contributed by atoms with E-state index in [2.05, 4.69) is 10.3 Å². The van der Waals surface area contributed by atoms with E-state index in [-0.39, 0.29) is 11.4 Å². The summed E-state index contributed by atoms with van der Waals surface area (Å²) in [5.74, 6) is -1.37. The Hall–Kier alpha value is -3.16. The third-order valence-electron chi connectivity index (χ3n) is 3.60. The number of aromatic carboxylic acids is 1. The smallest absolute Gasteiger partial charge is 0.418 e. The molecule has 0 atom stereocenters. The van der Waals surface area contributed by atoms with Gasteiger partial charge in [0.15, 0.2) is 5.69 Å². The molecule has 0 aliphatic carbocycles. The molecule has 1 N–H and O–H groups in total. The number of para-hydroxylation sites is 1. The van der Waals surface area contributed by atoms with Crippen LogP contribution >= 0.6 is 0 Å². The van der Waals surface area contributed by atoms with Gasteiger partial charge in [-0.3, -0.25) is 0 Å². The third-order valence-corrected chi connectivity index (χ3v) is 3.60. The number of carboxylic acids is 1. The standard InChI is InChI=1S/C17H12F3N3O2/c1-10-5-4-6-11(9-10)15-14(16(24)25)21-22-23(15)13-8-3-2-7-12(13)17(18,19)20/h2-9H,1H3,(H,24,25). The molecular formula is C17H12F3N3O2. The van der Waals surface area contributed by atoms with Gasteiger partial charge in [0.05, 0.1) is 11.3 Å². The third kappa shape index (κ3) is 3.10. The van der Waals surface area contributed by atoms with Gasteiger partial charge in [-0.1, -0.05) is 41.1 Å². The van der Waals surface area contributed by atoms with Crippen LogP contribution < -0.4 is 0 Å². The molecule has 0 fully saturated rings. The van der Waals surface area contributed by atoms with E-state index in [0.717, 1.165) is 16.3 Å². The lowest BCUT2D eigenvalue weighted by molar-refractivity contribution is -0.137. The molecule has 0 amide bonds. The van der Waals surface area contributed by atoms with Crippen LogP contribution in [0.3, 0.4) is 0 Å². The maximum atomic E-state index is 13.3. The molecule has 5 nitrogen and oxygen atoms in total. The van der Waals surface area contributed by atoms with Crippen LogP contribution in [0.25, 0.3) is 16.9 Å². The number of alkyl halides is 3. The Morgan fingerprint density at radius 2 is 1.84 bits per heavy atom. The highest BCUT2D eigenvalue weighted by molar-refractivity contribution is 5.93. The first kappa shape index (κ1) is 16.7. The van der Waals surface area contributed by atoms with Gasteiger partial charge in [0.25, 0.3) is 0 Å². The van der Waals surface area contributed by atoms with Crippen molar-refractivity contribution < 1.29 is 23.1 Å². The minimum absolute atomic E-state index is 0.00657. The Bertz CT molecular complexity index is 948. The fourth-order valence-electron chi connectivity index (χ4n) is 2.54. The van der Waals surface area contributed by atoms with Crippen molar-refractivity contribution in [3.8, 4) is 16.9 Å². The van der Waals surface area contributed by atoms with Crippen LogP contribution in [-0.2, 0) is 6.18 Å². The first-order chi connectivity index (χ1) is 11.8. The van der Waals surface area contributed by atoms with Gasteiger partial charge in [0, 0.05) is 5.56 Å². The molecule has 1 heterocycles. The van der Waals surface area contributed by atoms with Crippen molar-refractivity contribution in [1.29, 1.82) is 0 Å². The summed E-state index contributed by atoms with van der Waals surface area (Å²) in [6, 6.07) is 11.6. The Morgan fingerprint density at radius 3 is 2.48 bits per heavy atom. The number of aryl methyl sites for hydroxylation is 1. The fourth-order valence-corrected chi connectivity index (χ4v) is 2.54. The number of aromatic nitrogens is 3. The second-order valence-corrected chi connectivity index (χ2v) is 5.39. The molecule has 0 aliphatic heterocycles. The molecule has 0 radical (unpaired) electrons. The molecular weight excluding hydrogens is 335 g/mol. The Kier molecular flexibility index (Phi) is 4.03. The van der Waals surface area contributed by atoms with Crippen molar-refractivity contribution in [2.45, 2.75) is 13.1 Å². The SMILES string of the molecule is Cc1cccc(-c2c(C(=O)O)nnn2-c2ccccc2C(F)(F)F)c1. The van der Waals surface area contributed by atoms with E-state index in [1.807, 2.05) is 0 Å². The molecule has 8 heteroatoms. The van der Waals surface area contributed by atoms with Crippen molar-refractivity contribution in [2.24, 2.45) is 0 Å². The van der Waals surface area contributed by atoms with Crippen LogP contribution in [0.1, 0.15) is 21.6 Å². The van der Waals surface area contributed by atoms with Gasteiger partial charge < -0.3 is 5.11 Å².